The summed E-state index contributed by atoms with van der Waals surface area (Å²) in [5, 5.41) is 0. The third-order valence-electron chi connectivity index (χ3n) is 0. The summed E-state index contributed by atoms with van der Waals surface area (Å²) < 4.78 is 9.77. The molecule has 1 radical (unpaired) electrons. The van der Waals surface area contributed by atoms with E-state index in [0.717, 1.165) is 0 Å². The smallest absolute Gasteiger partial charge is 0.194 e. The fourth-order valence-corrected chi connectivity index (χ4v) is 0. The van der Waals surface area contributed by atoms with Crippen LogP contribution in [0.5, 0.6) is 0 Å². The number of rotatable bonds is 0. The molecule has 0 amide bonds. The zero-order chi connectivity index (χ0) is 4.50. The van der Waals surface area contributed by atoms with Crippen molar-refractivity contribution in [2.75, 3.05) is 13.3 Å². The van der Waals surface area contributed by atoms with Crippen LogP contribution in [-0.2, 0) is 21.6 Å². The largest absolute Gasteiger partial charge is 0.345 e. The molecule has 0 heterocycles. The molecule has 43 valence electrons. The van der Waals surface area contributed by atoms with Crippen LogP contribution in [0.25, 0.3) is 0 Å². The van der Waals surface area contributed by atoms with Gasteiger partial charge in [0.05, 0.1) is 0 Å². The Balaban J connectivity index is 0. The first-order valence-corrected chi connectivity index (χ1v) is 3.83. The van der Waals surface area contributed by atoms with Crippen LogP contribution in [-0.4, -0.2) is 18.2 Å². The van der Waals surface area contributed by atoms with Crippen LogP contribution in [0.4, 0.5) is 0 Å². The summed E-state index contributed by atoms with van der Waals surface area (Å²) in [6.07, 6.45) is 0. The Morgan fingerprint density at radius 3 is 1.50 bits per heavy atom. The molecule has 1 N–H and O–H groups in total. The molecule has 0 aromatic heterocycles. The van der Waals surface area contributed by atoms with E-state index in [1.54, 1.807) is 0 Å². The summed E-state index contributed by atoms with van der Waals surface area (Å²) in [6.45, 7) is 2.60. The summed E-state index contributed by atoms with van der Waals surface area (Å²) in [7, 11) is -2.64. The summed E-state index contributed by atoms with van der Waals surface area (Å²) >= 11 is 0. The quantitative estimate of drug-likeness (QED) is 0.411. The van der Waals surface area contributed by atoms with E-state index in [9.17, 15) is 4.57 Å². The van der Waals surface area contributed by atoms with Crippen LogP contribution in [0, 0.1) is 0 Å². The van der Waals surface area contributed by atoms with Gasteiger partial charge in [0.2, 0.25) is 0 Å². The Kier molecular flexibility index (Phi) is 4.62. The van der Waals surface area contributed by atoms with Crippen molar-refractivity contribution in [3.8, 4) is 0 Å². The SMILES string of the molecule is CP(C)(=O)O.[Cu]. The molecule has 0 aromatic rings. The molecule has 0 atom stereocenters. The van der Waals surface area contributed by atoms with Crippen LogP contribution in [0.15, 0.2) is 0 Å². The maximum atomic E-state index is 9.77. The van der Waals surface area contributed by atoms with Gasteiger partial charge in [-0.2, -0.15) is 0 Å². The fourth-order valence-electron chi connectivity index (χ4n) is 0. The van der Waals surface area contributed by atoms with Gasteiger partial charge in [0, 0.05) is 30.4 Å². The van der Waals surface area contributed by atoms with Gasteiger partial charge in [-0.25, -0.2) is 0 Å². The van der Waals surface area contributed by atoms with Crippen LogP contribution >= 0.6 is 7.37 Å². The van der Waals surface area contributed by atoms with E-state index in [-0.39, 0.29) is 17.1 Å². The first kappa shape index (κ1) is 9.86. The molecule has 0 aliphatic rings. The van der Waals surface area contributed by atoms with Gasteiger partial charge < -0.3 is 4.89 Å². The summed E-state index contributed by atoms with van der Waals surface area (Å²) in [5.74, 6) is 0. The standard InChI is InChI=1S/C2H7O2P.Cu/c1-5(2,3)4;/h1-2H3,(H,3,4);. The molecular weight excluding hydrogens is 151 g/mol. The Bertz CT molecular complexity index is 57.7. The molecule has 0 aromatic carbocycles. The van der Waals surface area contributed by atoms with Gasteiger partial charge in [-0.1, -0.05) is 0 Å². The van der Waals surface area contributed by atoms with E-state index in [1.165, 1.54) is 13.3 Å². The second kappa shape index (κ2) is 2.81. The van der Waals surface area contributed by atoms with Crippen molar-refractivity contribution in [3.63, 3.8) is 0 Å². The van der Waals surface area contributed by atoms with Gasteiger partial charge in [0.1, 0.15) is 0 Å². The first-order valence-electron chi connectivity index (χ1n) is 1.28. The van der Waals surface area contributed by atoms with Crippen LogP contribution < -0.4 is 0 Å². The topological polar surface area (TPSA) is 37.3 Å². The molecule has 0 saturated heterocycles. The molecule has 0 rings (SSSR count). The molecule has 0 aliphatic heterocycles. The van der Waals surface area contributed by atoms with E-state index in [4.69, 9.17) is 4.89 Å². The van der Waals surface area contributed by atoms with Crippen molar-refractivity contribution >= 4 is 7.37 Å². The maximum Gasteiger partial charge on any atom is 0.194 e. The molecule has 0 spiro atoms. The van der Waals surface area contributed by atoms with Crippen LogP contribution in [0.3, 0.4) is 0 Å². The minimum absolute atomic E-state index is 0. The Hall–Kier alpha value is 0.709. The van der Waals surface area contributed by atoms with Crippen LogP contribution in [0.2, 0.25) is 0 Å². The minimum atomic E-state index is -2.64. The fraction of sp³-hybridized carbons (Fsp3) is 1.00. The van der Waals surface area contributed by atoms with Crippen molar-refractivity contribution in [2.24, 2.45) is 0 Å². The van der Waals surface area contributed by atoms with E-state index in [0.29, 0.717) is 0 Å². The summed E-state index contributed by atoms with van der Waals surface area (Å²) in [6, 6.07) is 0. The summed E-state index contributed by atoms with van der Waals surface area (Å²) in [5.41, 5.74) is 0. The second-order valence-corrected chi connectivity index (χ2v) is 3.88. The van der Waals surface area contributed by atoms with E-state index >= 15 is 0 Å². The Morgan fingerprint density at radius 1 is 1.50 bits per heavy atom. The zero-order valence-electron chi connectivity index (χ0n) is 3.60. The van der Waals surface area contributed by atoms with Gasteiger partial charge in [-0.3, -0.25) is 4.57 Å². The van der Waals surface area contributed by atoms with E-state index in [1.807, 2.05) is 0 Å². The summed E-state index contributed by atoms with van der Waals surface area (Å²) in [4.78, 5) is 8.08. The minimum Gasteiger partial charge on any atom is -0.345 e. The third kappa shape index (κ3) is 129. The molecule has 0 bridgehead atoms. The van der Waals surface area contributed by atoms with Gasteiger partial charge in [-0.15, -0.1) is 0 Å². The van der Waals surface area contributed by atoms with Gasteiger partial charge in [0.15, 0.2) is 7.37 Å². The monoisotopic (exact) mass is 157 g/mol. The van der Waals surface area contributed by atoms with Crippen molar-refractivity contribution in [2.45, 2.75) is 0 Å². The third-order valence-corrected chi connectivity index (χ3v) is 0. The average Bonchev–Trinajstić information content (AvgIpc) is 0.722. The first-order chi connectivity index (χ1) is 2.00. The van der Waals surface area contributed by atoms with E-state index in [2.05, 4.69) is 0 Å². The van der Waals surface area contributed by atoms with Gasteiger partial charge >= 0.3 is 0 Å². The second-order valence-electron chi connectivity index (χ2n) is 1.29. The molecule has 0 aliphatic carbocycles. The van der Waals surface area contributed by atoms with Gasteiger partial charge in [-0.05, 0) is 0 Å². The molecule has 4 heteroatoms. The zero-order valence-corrected chi connectivity index (χ0v) is 5.44. The van der Waals surface area contributed by atoms with Crippen molar-refractivity contribution in [1.82, 2.24) is 0 Å². The molecule has 0 fully saturated rings. The van der Waals surface area contributed by atoms with Gasteiger partial charge in [0.25, 0.3) is 0 Å². The molecule has 2 nitrogen and oxygen atoms in total. The van der Waals surface area contributed by atoms with E-state index < -0.39 is 7.37 Å². The number of hydrogen-bond acceptors (Lipinski definition) is 1. The Morgan fingerprint density at radius 2 is 1.50 bits per heavy atom. The normalized spacial score (nSPS) is 9.83. The molecule has 6 heavy (non-hydrogen) atoms. The molecule has 0 unspecified atom stereocenters. The van der Waals surface area contributed by atoms with Crippen LogP contribution in [0.1, 0.15) is 0 Å². The van der Waals surface area contributed by atoms with Crippen molar-refractivity contribution in [1.29, 1.82) is 0 Å². The Labute approximate surface area is 47.9 Å². The molecular formula is C2H7CuO2P. The molecule has 0 saturated carbocycles. The number of hydrogen-bond donors (Lipinski definition) is 1. The predicted molar refractivity (Wildman–Crippen MR) is 21.7 cm³/mol. The average molecular weight is 158 g/mol. The maximum absolute atomic E-state index is 9.77. The predicted octanol–water partition coefficient (Wildman–Crippen LogP) is 0.514. The van der Waals surface area contributed by atoms with Crippen molar-refractivity contribution in [3.05, 3.63) is 0 Å². The van der Waals surface area contributed by atoms with Crippen molar-refractivity contribution < 1.29 is 26.5 Å².